The summed E-state index contributed by atoms with van der Waals surface area (Å²) in [6.07, 6.45) is 1.59. The lowest BCUT2D eigenvalue weighted by atomic mass is 10.1. The summed E-state index contributed by atoms with van der Waals surface area (Å²) in [5, 5.41) is 5.16. The van der Waals surface area contributed by atoms with Gasteiger partial charge in [-0.25, -0.2) is 4.98 Å². The normalized spacial score (nSPS) is 10.5. The zero-order chi connectivity index (χ0) is 17.8. The van der Waals surface area contributed by atoms with Gasteiger partial charge < -0.3 is 15.0 Å². The van der Waals surface area contributed by atoms with Crippen molar-refractivity contribution in [2.45, 2.75) is 6.54 Å². The van der Waals surface area contributed by atoms with Crippen LogP contribution in [0.5, 0.6) is 5.75 Å². The largest absolute Gasteiger partial charge is 0.497 e. The van der Waals surface area contributed by atoms with E-state index in [1.165, 1.54) is 0 Å². The number of nitrogens with one attached hydrogen (secondary N) is 1. The van der Waals surface area contributed by atoms with Crippen molar-refractivity contribution in [3.63, 3.8) is 0 Å². The van der Waals surface area contributed by atoms with E-state index < -0.39 is 0 Å². The SMILES string of the molecule is COc1ccc2cc(CNC(=O)c3ccc(N(C)C)nc3)ccc2c1. The van der Waals surface area contributed by atoms with Gasteiger partial charge in [-0.1, -0.05) is 18.2 Å². The molecular weight excluding hydrogens is 314 g/mol. The highest BCUT2D eigenvalue weighted by Crippen LogP contribution is 2.21. The molecular formula is C20H21N3O2. The summed E-state index contributed by atoms with van der Waals surface area (Å²) in [7, 11) is 5.49. The molecule has 0 saturated carbocycles. The molecule has 5 nitrogen and oxygen atoms in total. The van der Waals surface area contributed by atoms with Crippen molar-refractivity contribution in [3.05, 3.63) is 65.9 Å². The van der Waals surface area contributed by atoms with E-state index in [9.17, 15) is 4.79 Å². The minimum absolute atomic E-state index is 0.132. The maximum atomic E-state index is 12.3. The number of rotatable bonds is 5. The Kier molecular flexibility index (Phi) is 4.84. The maximum Gasteiger partial charge on any atom is 0.253 e. The maximum absolute atomic E-state index is 12.3. The van der Waals surface area contributed by atoms with E-state index in [-0.39, 0.29) is 5.91 Å². The summed E-state index contributed by atoms with van der Waals surface area (Å²) in [5.74, 6) is 1.52. The molecule has 25 heavy (non-hydrogen) atoms. The molecule has 0 bridgehead atoms. The molecule has 0 saturated heterocycles. The lowest BCUT2D eigenvalue weighted by Gasteiger charge is -2.11. The predicted octanol–water partition coefficient (Wildman–Crippen LogP) is 3.24. The second kappa shape index (κ2) is 7.21. The van der Waals surface area contributed by atoms with Crippen LogP contribution in [0.1, 0.15) is 15.9 Å². The first kappa shape index (κ1) is 16.8. The van der Waals surface area contributed by atoms with Crippen LogP contribution in [-0.4, -0.2) is 32.1 Å². The molecule has 1 N–H and O–H groups in total. The Labute approximate surface area is 147 Å². The fourth-order valence-corrected chi connectivity index (χ4v) is 2.58. The molecule has 3 rings (SSSR count). The van der Waals surface area contributed by atoms with Crippen molar-refractivity contribution < 1.29 is 9.53 Å². The molecule has 3 aromatic rings. The summed E-state index contributed by atoms with van der Waals surface area (Å²) in [6, 6.07) is 15.7. The number of carbonyl (C=O) groups excluding carboxylic acids is 1. The van der Waals surface area contributed by atoms with Crippen molar-refractivity contribution in [1.29, 1.82) is 0 Å². The summed E-state index contributed by atoms with van der Waals surface area (Å²) in [4.78, 5) is 18.4. The fourth-order valence-electron chi connectivity index (χ4n) is 2.58. The Hall–Kier alpha value is -3.08. The van der Waals surface area contributed by atoms with Crippen LogP contribution in [0.2, 0.25) is 0 Å². The third-order valence-electron chi connectivity index (χ3n) is 4.03. The van der Waals surface area contributed by atoms with E-state index in [0.717, 1.165) is 27.9 Å². The number of methoxy groups -OCH3 is 1. The molecule has 1 heterocycles. The molecule has 0 aliphatic rings. The third kappa shape index (κ3) is 3.88. The zero-order valence-electron chi connectivity index (χ0n) is 14.6. The summed E-state index contributed by atoms with van der Waals surface area (Å²) in [5.41, 5.74) is 1.60. The topological polar surface area (TPSA) is 54.5 Å². The van der Waals surface area contributed by atoms with E-state index >= 15 is 0 Å². The van der Waals surface area contributed by atoms with E-state index in [1.807, 2.05) is 55.4 Å². The smallest absolute Gasteiger partial charge is 0.253 e. The van der Waals surface area contributed by atoms with Crippen LogP contribution >= 0.6 is 0 Å². The molecule has 0 fully saturated rings. The first-order chi connectivity index (χ1) is 12.1. The Morgan fingerprint density at radius 3 is 2.52 bits per heavy atom. The highest BCUT2D eigenvalue weighted by molar-refractivity contribution is 5.94. The second-order valence-electron chi connectivity index (χ2n) is 6.03. The third-order valence-corrected chi connectivity index (χ3v) is 4.03. The fraction of sp³-hybridized carbons (Fsp3) is 0.200. The van der Waals surface area contributed by atoms with Gasteiger partial charge in [0, 0.05) is 26.8 Å². The number of anilines is 1. The average molecular weight is 335 g/mol. The van der Waals surface area contributed by atoms with Gasteiger partial charge in [0.15, 0.2) is 0 Å². The molecule has 128 valence electrons. The minimum Gasteiger partial charge on any atom is -0.497 e. The quantitative estimate of drug-likeness (QED) is 0.778. The molecule has 0 aliphatic carbocycles. The highest BCUT2D eigenvalue weighted by Gasteiger charge is 2.07. The number of nitrogens with zero attached hydrogens (tertiary/aromatic N) is 2. The molecule has 1 amide bonds. The number of aromatic nitrogens is 1. The van der Waals surface area contributed by atoms with E-state index in [2.05, 4.69) is 16.4 Å². The van der Waals surface area contributed by atoms with Crippen molar-refractivity contribution in [2.75, 3.05) is 26.1 Å². The van der Waals surface area contributed by atoms with Gasteiger partial charge in [-0.15, -0.1) is 0 Å². The van der Waals surface area contributed by atoms with Gasteiger partial charge in [0.2, 0.25) is 0 Å². The van der Waals surface area contributed by atoms with Gasteiger partial charge in [-0.05, 0) is 46.7 Å². The Morgan fingerprint density at radius 2 is 1.84 bits per heavy atom. The van der Waals surface area contributed by atoms with E-state index in [1.54, 1.807) is 19.4 Å². The van der Waals surface area contributed by atoms with Crippen LogP contribution in [0.4, 0.5) is 5.82 Å². The van der Waals surface area contributed by atoms with Gasteiger partial charge in [0.1, 0.15) is 11.6 Å². The summed E-state index contributed by atoms with van der Waals surface area (Å²) in [6.45, 7) is 0.468. The van der Waals surface area contributed by atoms with Crippen LogP contribution < -0.4 is 15.0 Å². The minimum atomic E-state index is -0.132. The summed E-state index contributed by atoms with van der Waals surface area (Å²) < 4.78 is 5.24. The van der Waals surface area contributed by atoms with Crippen molar-refractivity contribution in [3.8, 4) is 5.75 Å². The Morgan fingerprint density at radius 1 is 1.08 bits per heavy atom. The van der Waals surface area contributed by atoms with Crippen LogP contribution in [-0.2, 0) is 6.54 Å². The number of benzene rings is 2. The Bertz CT molecular complexity index is 889. The van der Waals surface area contributed by atoms with Crippen molar-refractivity contribution >= 4 is 22.5 Å². The van der Waals surface area contributed by atoms with Gasteiger partial charge >= 0.3 is 0 Å². The predicted molar refractivity (Wildman–Crippen MR) is 100 cm³/mol. The molecule has 1 aromatic heterocycles. The van der Waals surface area contributed by atoms with Gasteiger partial charge in [0.25, 0.3) is 5.91 Å². The van der Waals surface area contributed by atoms with Crippen molar-refractivity contribution in [1.82, 2.24) is 10.3 Å². The van der Waals surface area contributed by atoms with Crippen LogP contribution in [0.3, 0.4) is 0 Å². The molecule has 0 spiro atoms. The van der Waals surface area contributed by atoms with Gasteiger partial charge in [-0.3, -0.25) is 4.79 Å². The van der Waals surface area contributed by atoms with Crippen molar-refractivity contribution in [2.24, 2.45) is 0 Å². The number of fused-ring (bicyclic) bond motifs is 1. The van der Waals surface area contributed by atoms with E-state index in [4.69, 9.17) is 4.74 Å². The number of ether oxygens (including phenoxy) is 1. The first-order valence-corrected chi connectivity index (χ1v) is 8.05. The van der Waals surface area contributed by atoms with Crippen LogP contribution in [0, 0.1) is 0 Å². The summed E-state index contributed by atoms with van der Waals surface area (Å²) >= 11 is 0. The molecule has 5 heteroatoms. The second-order valence-corrected chi connectivity index (χ2v) is 6.03. The average Bonchev–Trinajstić information content (AvgIpc) is 2.65. The zero-order valence-corrected chi connectivity index (χ0v) is 14.6. The first-order valence-electron chi connectivity index (χ1n) is 8.05. The molecule has 0 atom stereocenters. The Balaban J connectivity index is 1.68. The molecule has 0 unspecified atom stereocenters. The number of pyridine rings is 1. The number of amides is 1. The highest BCUT2D eigenvalue weighted by atomic mass is 16.5. The lowest BCUT2D eigenvalue weighted by molar-refractivity contribution is 0.0950. The lowest BCUT2D eigenvalue weighted by Crippen LogP contribution is -2.23. The van der Waals surface area contributed by atoms with Gasteiger partial charge in [-0.2, -0.15) is 0 Å². The van der Waals surface area contributed by atoms with Crippen LogP contribution in [0.15, 0.2) is 54.7 Å². The standard InChI is InChI=1S/C20H21N3O2/c1-23(2)19-9-7-17(13-21-19)20(24)22-12-14-4-5-16-11-18(25-3)8-6-15(16)10-14/h4-11,13H,12H2,1-3H3,(H,22,24). The number of hydrogen-bond donors (Lipinski definition) is 1. The van der Waals surface area contributed by atoms with E-state index in [0.29, 0.717) is 12.1 Å². The number of carbonyl (C=O) groups is 1. The molecule has 0 aliphatic heterocycles. The number of hydrogen-bond acceptors (Lipinski definition) is 4. The molecule has 0 radical (unpaired) electrons. The van der Waals surface area contributed by atoms with Gasteiger partial charge in [0.05, 0.1) is 12.7 Å². The van der Waals surface area contributed by atoms with Crippen LogP contribution in [0.25, 0.3) is 10.8 Å². The monoisotopic (exact) mass is 335 g/mol. The molecule has 2 aromatic carbocycles.